The first kappa shape index (κ1) is 14.4. The molecule has 114 valence electrons. The first-order valence-corrected chi connectivity index (χ1v) is 7.44. The van der Waals surface area contributed by atoms with Crippen LogP contribution in [0.3, 0.4) is 0 Å². The lowest BCUT2D eigenvalue weighted by molar-refractivity contribution is 0.413. The molecular weight excluding hydrogens is 274 g/mol. The molecule has 0 saturated heterocycles. The Morgan fingerprint density at radius 3 is 2.95 bits per heavy atom. The van der Waals surface area contributed by atoms with Gasteiger partial charge in [0.2, 0.25) is 0 Å². The molecule has 0 N–H and O–H groups in total. The molecule has 1 aliphatic heterocycles. The first-order chi connectivity index (χ1) is 10.7. The van der Waals surface area contributed by atoms with E-state index in [0.717, 1.165) is 17.9 Å². The number of ether oxygens (including phenoxy) is 1. The van der Waals surface area contributed by atoms with Gasteiger partial charge in [-0.05, 0) is 24.6 Å². The number of aromatic nitrogens is 2. The fraction of sp³-hybridized carbons (Fsp3) is 0.278. The van der Waals surface area contributed by atoms with Gasteiger partial charge in [-0.1, -0.05) is 24.3 Å². The first-order valence-electron chi connectivity index (χ1n) is 7.44. The van der Waals surface area contributed by atoms with Crippen LogP contribution in [0.5, 0.6) is 5.75 Å². The zero-order valence-electron chi connectivity index (χ0n) is 13.2. The Labute approximate surface area is 131 Å². The van der Waals surface area contributed by atoms with Crippen LogP contribution in [0.15, 0.2) is 55.0 Å². The predicted molar refractivity (Wildman–Crippen MR) is 88.8 cm³/mol. The Kier molecular flexibility index (Phi) is 4.00. The van der Waals surface area contributed by atoms with Crippen molar-refractivity contribution in [2.75, 3.05) is 20.7 Å². The van der Waals surface area contributed by atoms with E-state index in [9.17, 15) is 0 Å². The Balaban J connectivity index is 1.85. The van der Waals surface area contributed by atoms with E-state index in [1.54, 1.807) is 7.11 Å². The largest absolute Gasteiger partial charge is 0.497 e. The van der Waals surface area contributed by atoms with Crippen LogP contribution in [0.4, 0.5) is 0 Å². The quantitative estimate of drug-likeness (QED) is 0.866. The number of nitrogens with zero attached hydrogens (tertiary/aromatic N) is 3. The van der Waals surface area contributed by atoms with Crippen molar-refractivity contribution in [1.29, 1.82) is 0 Å². The average molecular weight is 295 g/mol. The van der Waals surface area contributed by atoms with Crippen LogP contribution in [0.2, 0.25) is 0 Å². The SMILES string of the molecule is COc1cccc(C(C)n2cc(C3=CN(C)CC=C3)cn2)c1. The average Bonchev–Trinajstić information content (AvgIpc) is 3.04. The smallest absolute Gasteiger partial charge is 0.119 e. The normalized spacial score (nSPS) is 15.6. The summed E-state index contributed by atoms with van der Waals surface area (Å²) in [6.07, 6.45) is 10.5. The van der Waals surface area contributed by atoms with E-state index in [1.165, 1.54) is 11.1 Å². The predicted octanol–water partition coefficient (Wildman–Crippen LogP) is 3.34. The highest BCUT2D eigenvalue weighted by Gasteiger charge is 2.12. The maximum atomic E-state index is 5.30. The zero-order chi connectivity index (χ0) is 15.5. The number of benzene rings is 1. The summed E-state index contributed by atoms with van der Waals surface area (Å²) in [6, 6.07) is 8.28. The summed E-state index contributed by atoms with van der Waals surface area (Å²) in [5.74, 6) is 0.872. The van der Waals surface area contributed by atoms with Crippen molar-refractivity contribution in [1.82, 2.24) is 14.7 Å². The molecule has 2 aromatic rings. The van der Waals surface area contributed by atoms with Crippen molar-refractivity contribution in [3.63, 3.8) is 0 Å². The van der Waals surface area contributed by atoms with E-state index < -0.39 is 0 Å². The molecular formula is C18H21N3O. The van der Waals surface area contributed by atoms with E-state index in [2.05, 4.69) is 60.7 Å². The molecule has 1 aliphatic rings. The Hall–Kier alpha value is -2.49. The molecule has 4 heteroatoms. The molecule has 3 rings (SSSR count). The summed E-state index contributed by atoms with van der Waals surface area (Å²) in [6.45, 7) is 3.10. The summed E-state index contributed by atoms with van der Waals surface area (Å²) >= 11 is 0. The molecule has 1 aromatic heterocycles. The molecule has 22 heavy (non-hydrogen) atoms. The van der Waals surface area contributed by atoms with Gasteiger partial charge in [-0.2, -0.15) is 5.10 Å². The second-order valence-electron chi connectivity index (χ2n) is 5.59. The second kappa shape index (κ2) is 6.10. The number of likely N-dealkylation sites (N-methyl/N-ethyl adjacent to an activating group) is 1. The lowest BCUT2D eigenvalue weighted by Crippen LogP contribution is -2.13. The zero-order valence-corrected chi connectivity index (χ0v) is 13.2. The summed E-state index contributed by atoms with van der Waals surface area (Å²) in [5.41, 5.74) is 3.51. The number of hydrogen-bond acceptors (Lipinski definition) is 3. The third kappa shape index (κ3) is 2.91. The van der Waals surface area contributed by atoms with Gasteiger partial charge in [0.1, 0.15) is 5.75 Å². The van der Waals surface area contributed by atoms with Crippen LogP contribution in [0.25, 0.3) is 5.57 Å². The molecule has 0 radical (unpaired) electrons. The fourth-order valence-electron chi connectivity index (χ4n) is 2.60. The molecule has 1 aromatic carbocycles. The van der Waals surface area contributed by atoms with Gasteiger partial charge in [-0.15, -0.1) is 0 Å². The summed E-state index contributed by atoms with van der Waals surface area (Å²) in [4.78, 5) is 2.16. The molecule has 0 spiro atoms. The summed E-state index contributed by atoms with van der Waals surface area (Å²) in [5, 5.41) is 4.53. The van der Waals surface area contributed by atoms with Crippen molar-refractivity contribution in [2.24, 2.45) is 0 Å². The van der Waals surface area contributed by atoms with E-state index in [4.69, 9.17) is 4.74 Å². The van der Waals surface area contributed by atoms with Gasteiger partial charge in [0.05, 0.1) is 19.3 Å². The van der Waals surface area contributed by atoms with Gasteiger partial charge in [0, 0.05) is 37.1 Å². The van der Waals surface area contributed by atoms with Crippen molar-refractivity contribution >= 4 is 5.57 Å². The molecule has 0 fully saturated rings. The van der Waals surface area contributed by atoms with Crippen molar-refractivity contribution < 1.29 is 4.74 Å². The van der Waals surface area contributed by atoms with Crippen LogP contribution in [-0.2, 0) is 0 Å². The second-order valence-corrected chi connectivity index (χ2v) is 5.59. The van der Waals surface area contributed by atoms with Crippen LogP contribution in [0.1, 0.15) is 24.1 Å². The monoisotopic (exact) mass is 295 g/mol. The highest BCUT2D eigenvalue weighted by atomic mass is 16.5. The van der Waals surface area contributed by atoms with Gasteiger partial charge in [0.15, 0.2) is 0 Å². The molecule has 1 unspecified atom stereocenters. The Morgan fingerprint density at radius 1 is 1.32 bits per heavy atom. The minimum Gasteiger partial charge on any atom is -0.497 e. The van der Waals surface area contributed by atoms with Crippen molar-refractivity contribution in [3.05, 3.63) is 66.1 Å². The fourth-order valence-corrected chi connectivity index (χ4v) is 2.60. The van der Waals surface area contributed by atoms with Crippen LogP contribution in [-0.4, -0.2) is 35.4 Å². The van der Waals surface area contributed by atoms with Crippen molar-refractivity contribution in [3.8, 4) is 5.75 Å². The minimum absolute atomic E-state index is 0.162. The molecule has 0 bridgehead atoms. The van der Waals surface area contributed by atoms with Crippen LogP contribution in [0, 0.1) is 0 Å². The number of allylic oxidation sites excluding steroid dienone is 2. The lowest BCUT2D eigenvalue weighted by atomic mass is 10.1. The van der Waals surface area contributed by atoms with Gasteiger partial charge >= 0.3 is 0 Å². The number of hydrogen-bond donors (Lipinski definition) is 0. The minimum atomic E-state index is 0.162. The maximum Gasteiger partial charge on any atom is 0.119 e. The van der Waals surface area contributed by atoms with Gasteiger partial charge < -0.3 is 9.64 Å². The molecule has 1 atom stereocenters. The van der Waals surface area contributed by atoms with E-state index in [1.807, 2.05) is 23.0 Å². The van der Waals surface area contributed by atoms with Gasteiger partial charge in [0.25, 0.3) is 0 Å². The standard InChI is InChI=1S/C18H21N3O/c1-14(15-6-4-8-18(10-15)22-3)21-13-17(11-19-21)16-7-5-9-20(2)12-16/h4-8,10-14H,9H2,1-3H3. The van der Waals surface area contributed by atoms with Crippen LogP contribution >= 0.6 is 0 Å². The van der Waals surface area contributed by atoms with Crippen molar-refractivity contribution in [2.45, 2.75) is 13.0 Å². The number of methoxy groups -OCH3 is 1. The van der Waals surface area contributed by atoms with Crippen LogP contribution < -0.4 is 4.74 Å². The van der Waals surface area contributed by atoms with E-state index in [-0.39, 0.29) is 6.04 Å². The molecule has 0 amide bonds. The maximum absolute atomic E-state index is 5.30. The Morgan fingerprint density at radius 2 is 2.18 bits per heavy atom. The van der Waals surface area contributed by atoms with E-state index in [0.29, 0.717) is 0 Å². The Bertz CT molecular complexity index is 715. The highest BCUT2D eigenvalue weighted by molar-refractivity contribution is 5.73. The summed E-state index contributed by atoms with van der Waals surface area (Å²) < 4.78 is 7.29. The molecule has 0 saturated carbocycles. The van der Waals surface area contributed by atoms with Gasteiger partial charge in [-0.3, -0.25) is 4.68 Å². The van der Waals surface area contributed by atoms with E-state index >= 15 is 0 Å². The topological polar surface area (TPSA) is 30.3 Å². The molecule has 4 nitrogen and oxygen atoms in total. The molecule has 0 aliphatic carbocycles. The lowest BCUT2D eigenvalue weighted by Gasteiger charge is -2.17. The summed E-state index contributed by atoms with van der Waals surface area (Å²) in [7, 11) is 3.76. The highest BCUT2D eigenvalue weighted by Crippen LogP contribution is 2.24. The third-order valence-electron chi connectivity index (χ3n) is 3.96. The third-order valence-corrected chi connectivity index (χ3v) is 3.96. The molecule has 2 heterocycles. The van der Waals surface area contributed by atoms with Gasteiger partial charge in [-0.25, -0.2) is 0 Å². The number of rotatable bonds is 4.